The van der Waals surface area contributed by atoms with Gasteiger partial charge in [0.15, 0.2) is 0 Å². The van der Waals surface area contributed by atoms with Crippen LogP contribution in [-0.4, -0.2) is 26.0 Å². The second kappa shape index (κ2) is 8.64. The SMILES string of the molecule is CC(C)(C)C(O)C(C(Sc1ccc(Cl)cc1)c1ccc(F)cc1)n1cncn1. The number of rotatable bonds is 6. The van der Waals surface area contributed by atoms with Crippen molar-refractivity contribution in [1.29, 1.82) is 0 Å². The van der Waals surface area contributed by atoms with Gasteiger partial charge in [0, 0.05) is 9.92 Å². The summed E-state index contributed by atoms with van der Waals surface area (Å²) in [4.78, 5) is 5.06. The predicted molar refractivity (Wildman–Crippen MR) is 111 cm³/mol. The van der Waals surface area contributed by atoms with Crippen LogP contribution in [-0.2, 0) is 0 Å². The Labute approximate surface area is 173 Å². The average molecular weight is 420 g/mol. The van der Waals surface area contributed by atoms with E-state index >= 15 is 0 Å². The van der Waals surface area contributed by atoms with E-state index in [-0.39, 0.29) is 11.1 Å². The second-order valence-corrected chi connectivity index (χ2v) is 9.37. The molecule has 0 saturated carbocycles. The van der Waals surface area contributed by atoms with Crippen molar-refractivity contribution in [3.8, 4) is 0 Å². The Balaban J connectivity index is 2.08. The van der Waals surface area contributed by atoms with Gasteiger partial charge in [-0.2, -0.15) is 5.10 Å². The van der Waals surface area contributed by atoms with E-state index in [1.165, 1.54) is 18.5 Å². The third-order valence-corrected chi connectivity index (χ3v) is 6.14. The lowest BCUT2D eigenvalue weighted by Crippen LogP contribution is -2.38. The highest BCUT2D eigenvalue weighted by atomic mass is 35.5. The van der Waals surface area contributed by atoms with Crippen LogP contribution in [0, 0.1) is 11.2 Å². The molecule has 0 amide bonds. The largest absolute Gasteiger partial charge is 0.390 e. The van der Waals surface area contributed by atoms with Gasteiger partial charge in [0.1, 0.15) is 18.5 Å². The molecular formula is C21H23ClFN3OS. The van der Waals surface area contributed by atoms with E-state index < -0.39 is 17.6 Å². The topological polar surface area (TPSA) is 50.9 Å². The van der Waals surface area contributed by atoms with Crippen molar-refractivity contribution in [1.82, 2.24) is 14.8 Å². The summed E-state index contributed by atoms with van der Waals surface area (Å²) in [5, 5.41) is 16.0. The van der Waals surface area contributed by atoms with Crippen molar-refractivity contribution in [3.05, 3.63) is 77.6 Å². The number of halogens is 2. The van der Waals surface area contributed by atoms with E-state index in [0.717, 1.165) is 10.5 Å². The van der Waals surface area contributed by atoms with Crippen molar-refractivity contribution in [2.24, 2.45) is 5.41 Å². The zero-order valence-electron chi connectivity index (χ0n) is 16.0. The first-order valence-corrected chi connectivity index (χ1v) is 10.2. The molecule has 1 N–H and O–H groups in total. The first-order valence-electron chi connectivity index (χ1n) is 8.95. The molecule has 0 saturated heterocycles. The quantitative estimate of drug-likeness (QED) is 0.532. The molecule has 3 aromatic rings. The van der Waals surface area contributed by atoms with Gasteiger partial charge in [-0.3, -0.25) is 0 Å². The lowest BCUT2D eigenvalue weighted by atomic mass is 9.82. The fraction of sp³-hybridized carbons (Fsp3) is 0.333. The van der Waals surface area contributed by atoms with Gasteiger partial charge in [-0.05, 0) is 47.4 Å². The number of hydrogen-bond donors (Lipinski definition) is 1. The molecule has 3 rings (SSSR count). The molecule has 3 atom stereocenters. The smallest absolute Gasteiger partial charge is 0.137 e. The third kappa shape index (κ3) is 4.93. The van der Waals surface area contributed by atoms with Gasteiger partial charge in [0.2, 0.25) is 0 Å². The number of benzene rings is 2. The van der Waals surface area contributed by atoms with Gasteiger partial charge >= 0.3 is 0 Å². The van der Waals surface area contributed by atoms with E-state index in [0.29, 0.717) is 5.02 Å². The lowest BCUT2D eigenvalue weighted by Gasteiger charge is -2.37. The van der Waals surface area contributed by atoms with Crippen molar-refractivity contribution in [2.75, 3.05) is 0 Å². The van der Waals surface area contributed by atoms with Gasteiger partial charge in [-0.15, -0.1) is 11.8 Å². The molecular weight excluding hydrogens is 397 g/mol. The Morgan fingerprint density at radius 1 is 1.07 bits per heavy atom. The van der Waals surface area contributed by atoms with Crippen molar-refractivity contribution < 1.29 is 9.50 Å². The van der Waals surface area contributed by atoms with Crippen molar-refractivity contribution in [3.63, 3.8) is 0 Å². The van der Waals surface area contributed by atoms with Crippen LogP contribution in [0.2, 0.25) is 5.02 Å². The van der Waals surface area contributed by atoms with Gasteiger partial charge in [-0.25, -0.2) is 14.1 Å². The molecule has 0 spiro atoms. The third-order valence-electron chi connectivity index (χ3n) is 4.54. The Morgan fingerprint density at radius 2 is 1.71 bits per heavy atom. The fourth-order valence-corrected chi connectivity index (χ4v) is 4.40. The summed E-state index contributed by atoms with van der Waals surface area (Å²) in [7, 11) is 0. The van der Waals surface area contributed by atoms with Crippen LogP contribution in [0.3, 0.4) is 0 Å². The predicted octanol–water partition coefficient (Wildman–Crippen LogP) is 5.55. The highest BCUT2D eigenvalue weighted by molar-refractivity contribution is 7.99. The highest BCUT2D eigenvalue weighted by Gasteiger charge is 2.39. The normalized spacial score (nSPS) is 15.2. The number of aliphatic hydroxyl groups is 1. The summed E-state index contributed by atoms with van der Waals surface area (Å²) in [6.45, 7) is 5.95. The number of aliphatic hydroxyl groups excluding tert-OH is 1. The zero-order valence-corrected chi connectivity index (χ0v) is 17.5. The van der Waals surface area contributed by atoms with E-state index in [1.54, 1.807) is 34.9 Å². The Kier molecular flexibility index (Phi) is 6.43. The first kappa shape index (κ1) is 20.8. The van der Waals surface area contributed by atoms with Gasteiger partial charge in [0.05, 0.1) is 17.4 Å². The molecule has 0 radical (unpaired) electrons. The van der Waals surface area contributed by atoms with E-state index in [4.69, 9.17) is 11.6 Å². The Hall–Kier alpha value is -1.89. The molecule has 2 aromatic carbocycles. The fourth-order valence-electron chi connectivity index (χ4n) is 2.98. The molecule has 1 heterocycles. The minimum absolute atomic E-state index is 0.224. The number of hydrogen-bond acceptors (Lipinski definition) is 4. The molecule has 4 nitrogen and oxygen atoms in total. The molecule has 3 unspecified atom stereocenters. The van der Waals surface area contributed by atoms with Crippen LogP contribution >= 0.6 is 23.4 Å². The van der Waals surface area contributed by atoms with Crippen LogP contribution in [0.15, 0.2) is 66.1 Å². The first-order chi connectivity index (χ1) is 13.3. The maximum Gasteiger partial charge on any atom is 0.137 e. The van der Waals surface area contributed by atoms with E-state index in [1.807, 2.05) is 45.0 Å². The molecule has 0 fully saturated rings. The standard InChI is InChI=1S/C21H23ClFN3OS/c1-21(2,3)20(27)18(26-13-24-12-25-26)19(14-4-8-16(23)9-5-14)28-17-10-6-15(22)7-11-17/h4-13,18-20,27H,1-3H3. The van der Waals surface area contributed by atoms with E-state index in [2.05, 4.69) is 10.1 Å². The maximum atomic E-state index is 13.5. The molecule has 28 heavy (non-hydrogen) atoms. The van der Waals surface area contributed by atoms with Gasteiger partial charge in [0.25, 0.3) is 0 Å². The van der Waals surface area contributed by atoms with Crippen LogP contribution in [0.25, 0.3) is 0 Å². The van der Waals surface area contributed by atoms with Crippen LogP contribution in [0.5, 0.6) is 0 Å². The molecule has 0 aliphatic heterocycles. The van der Waals surface area contributed by atoms with Crippen molar-refractivity contribution >= 4 is 23.4 Å². The minimum Gasteiger partial charge on any atom is -0.390 e. The average Bonchev–Trinajstić information content (AvgIpc) is 3.17. The minimum atomic E-state index is -0.718. The molecule has 1 aromatic heterocycles. The number of aromatic nitrogens is 3. The van der Waals surface area contributed by atoms with Gasteiger partial charge < -0.3 is 5.11 Å². The summed E-state index contributed by atoms with van der Waals surface area (Å²) in [6.07, 6.45) is 2.35. The summed E-state index contributed by atoms with van der Waals surface area (Å²) >= 11 is 7.60. The summed E-state index contributed by atoms with van der Waals surface area (Å²) in [6, 6.07) is 13.5. The summed E-state index contributed by atoms with van der Waals surface area (Å²) < 4.78 is 15.2. The van der Waals surface area contributed by atoms with Crippen LogP contribution in [0.1, 0.15) is 37.6 Å². The summed E-state index contributed by atoms with van der Waals surface area (Å²) in [5.41, 5.74) is 0.500. The Bertz CT molecular complexity index is 880. The highest BCUT2D eigenvalue weighted by Crippen LogP contribution is 2.47. The number of thioether (sulfide) groups is 1. The van der Waals surface area contributed by atoms with Crippen LogP contribution < -0.4 is 0 Å². The maximum absolute atomic E-state index is 13.5. The molecule has 148 valence electrons. The zero-order chi connectivity index (χ0) is 20.3. The Morgan fingerprint density at radius 3 is 2.25 bits per heavy atom. The molecule has 0 bridgehead atoms. The monoisotopic (exact) mass is 419 g/mol. The molecule has 0 aliphatic rings. The molecule has 7 heteroatoms. The van der Waals surface area contributed by atoms with Crippen molar-refractivity contribution in [2.45, 2.75) is 43.1 Å². The number of nitrogens with zero attached hydrogens (tertiary/aromatic N) is 3. The van der Waals surface area contributed by atoms with E-state index in [9.17, 15) is 9.50 Å². The van der Waals surface area contributed by atoms with Gasteiger partial charge in [-0.1, -0.05) is 44.5 Å². The second-order valence-electron chi connectivity index (χ2n) is 7.72. The molecule has 0 aliphatic carbocycles. The lowest BCUT2D eigenvalue weighted by molar-refractivity contribution is 0.0114. The summed E-state index contributed by atoms with van der Waals surface area (Å²) in [5.74, 6) is -0.298. The van der Waals surface area contributed by atoms with Crippen LogP contribution in [0.4, 0.5) is 4.39 Å².